The van der Waals surface area contributed by atoms with Gasteiger partial charge in [-0.25, -0.2) is 9.97 Å². The van der Waals surface area contributed by atoms with Crippen molar-refractivity contribution in [2.24, 2.45) is 0 Å². The number of H-pyrrole nitrogens is 1. The van der Waals surface area contributed by atoms with Gasteiger partial charge in [-0.1, -0.05) is 6.92 Å². The molecule has 0 aliphatic carbocycles. The lowest BCUT2D eigenvalue weighted by Gasteiger charge is -2.32. The molecule has 1 fully saturated rings. The summed E-state index contributed by atoms with van der Waals surface area (Å²) in [6, 6.07) is 1.45. The van der Waals surface area contributed by atoms with Crippen LogP contribution in [-0.2, 0) is 11.2 Å². The molecule has 1 unspecified atom stereocenters. The van der Waals surface area contributed by atoms with E-state index in [1.165, 1.54) is 6.07 Å². The van der Waals surface area contributed by atoms with Gasteiger partial charge in [0.25, 0.3) is 0 Å². The van der Waals surface area contributed by atoms with Crippen LogP contribution in [0.3, 0.4) is 0 Å². The summed E-state index contributed by atoms with van der Waals surface area (Å²) >= 11 is 3.21. The number of nitrogens with zero attached hydrogens (tertiary/aromatic N) is 5. The summed E-state index contributed by atoms with van der Waals surface area (Å²) in [6.45, 7) is 3.34. The summed E-state index contributed by atoms with van der Waals surface area (Å²) < 4.78 is 6.27. The molecule has 1 N–H and O–H groups in total. The van der Waals surface area contributed by atoms with Crippen molar-refractivity contribution in [1.82, 2.24) is 20.2 Å². The first kappa shape index (κ1) is 15.8. The third-order valence-corrected chi connectivity index (χ3v) is 3.98. The molecule has 1 atom stereocenters. The molecule has 1 aliphatic heterocycles. The fraction of sp³-hybridized carbons (Fsp3) is 0.462. The van der Waals surface area contributed by atoms with E-state index in [-0.39, 0.29) is 11.8 Å². The fourth-order valence-corrected chi connectivity index (χ4v) is 2.73. The second-order valence-electron chi connectivity index (χ2n) is 5.05. The van der Waals surface area contributed by atoms with Gasteiger partial charge >= 0.3 is 5.69 Å². The van der Waals surface area contributed by atoms with Gasteiger partial charge in [-0.15, -0.1) is 0 Å². The Hall–Kier alpha value is -2.07. The summed E-state index contributed by atoms with van der Waals surface area (Å²) in [7, 11) is 0. The van der Waals surface area contributed by atoms with E-state index < -0.39 is 4.92 Å². The topological polar surface area (TPSA) is 110 Å². The molecule has 0 spiro atoms. The van der Waals surface area contributed by atoms with E-state index in [9.17, 15) is 10.1 Å². The molecule has 1 aliphatic rings. The van der Waals surface area contributed by atoms with E-state index in [0.29, 0.717) is 35.8 Å². The molecule has 0 aromatic carbocycles. The molecular formula is C13H15BrN6O3. The zero-order chi connectivity index (χ0) is 16.4. The van der Waals surface area contributed by atoms with Crippen LogP contribution in [0.15, 0.2) is 16.7 Å². The van der Waals surface area contributed by atoms with Crippen molar-refractivity contribution >= 4 is 27.4 Å². The molecule has 23 heavy (non-hydrogen) atoms. The Kier molecular flexibility index (Phi) is 4.53. The highest BCUT2D eigenvalue weighted by molar-refractivity contribution is 9.10. The smallest absolute Gasteiger partial charge is 0.312 e. The van der Waals surface area contributed by atoms with Crippen molar-refractivity contribution in [1.29, 1.82) is 0 Å². The lowest BCUT2D eigenvalue weighted by Crippen LogP contribution is -2.39. The van der Waals surface area contributed by atoms with Crippen molar-refractivity contribution in [3.63, 3.8) is 0 Å². The average molecular weight is 383 g/mol. The van der Waals surface area contributed by atoms with Crippen LogP contribution in [0.2, 0.25) is 0 Å². The third-order valence-electron chi connectivity index (χ3n) is 3.55. The quantitative estimate of drug-likeness (QED) is 0.635. The van der Waals surface area contributed by atoms with Crippen molar-refractivity contribution in [3.8, 4) is 0 Å². The first-order chi connectivity index (χ1) is 11.1. The summed E-state index contributed by atoms with van der Waals surface area (Å²) in [4.78, 5) is 21.2. The number of anilines is 1. The summed E-state index contributed by atoms with van der Waals surface area (Å²) in [5, 5.41) is 18.3. The van der Waals surface area contributed by atoms with Gasteiger partial charge < -0.3 is 9.64 Å². The van der Waals surface area contributed by atoms with E-state index in [1.807, 2.05) is 11.8 Å². The number of rotatable bonds is 4. The van der Waals surface area contributed by atoms with Crippen LogP contribution in [0.4, 0.5) is 11.5 Å². The van der Waals surface area contributed by atoms with E-state index in [1.54, 1.807) is 6.20 Å². The molecule has 0 bridgehead atoms. The van der Waals surface area contributed by atoms with Gasteiger partial charge in [0.1, 0.15) is 11.9 Å². The maximum atomic E-state index is 11.3. The number of pyridine rings is 1. The molecule has 0 radical (unpaired) electrons. The van der Waals surface area contributed by atoms with Gasteiger partial charge in [-0.05, 0) is 15.9 Å². The van der Waals surface area contributed by atoms with Crippen molar-refractivity contribution in [3.05, 3.63) is 38.5 Å². The Bertz CT molecular complexity index is 721. The predicted octanol–water partition coefficient (Wildman–Crippen LogP) is 2.01. The van der Waals surface area contributed by atoms with E-state index in [4.69, 9.17) is 4.74 Å². The highest BCUT2D eigenvalue weighted by Gasteiger charge is 2.30. The maximum absolute atomic E-state index is 11.3. The largest absolute Gasteiger partial charge is 0.366 e. The predicted molar refractivity (Wildman–Crippen MR) is 85.3 cm³/mol. The fourth-order valence-electron chi connectivity index (χ4n) is 2.41. The number of morpholine rings is 1. The Balaban J connectivity index is 1.85. The first-order valence-electron chi connectivity index (χ1n) is 7.16. The number of nitro groups is 1. The Labute approximate surface area is 140 Å². The average Bonchev–Trinajstić information content (AvgIpc) is 3.04. The molecule has 10 heteroatoms. The lowest BCUT2D eigenvalue weighted by molar-refractivity contribution is -0.384. The second kappa shape index (κ2) is 6.59. The van der Waals surface area contributed by atoms with Crippen molar-refractivity contribution in [2.45, 2.75) is 19.4 Å². The molecule has 2 aromatic rings. The minimum Gasteiger partial charge on any atom is -0.366 e. The van der Waals surface area contributed by atoms with Gasteiger partial charge in [0.15, 0.2) is 5.82 Å². The van der Waals surface area contributed by atoms with Crippen LogP contribution in [0.25, 0.3) is 0 Å². The molecule has 9 nitrogen and oxygen atoms in total. The van der Waals surface area contributed by atoms with Crippen molar-refractivity contribution < 1.29 is 9.66 Å². The summed E-state index contributed by atoms with van der Waals surface area (Å²) in [5.41, 5.74) is -0.0377. The van der Waals surface area contributed by atoms with Crippen LogP contribution in [0.5, 0.6) is 0 Å². The van der Waals surface area contributed by atoms with E-state index in [0.717, 1.165) is 12.2 Å². The lowest BCUT2D eigenvalue weighted by atomic mass is 10.2. The number of ether oxygens (including phenoxy) is 1. The zero-order valence-electron chi connectivity index (χ0n) is 12.4. The van der Waals surface area contributed by atoms with Gasteiger partial charge in [0.05, 0.1) is 18.1 Å². The summed E-state index contributed by atoms with van der Waals surface area (Å²) in [6.07, 6.45) is 1.96. The van der Waals surface area contributed by atoms with Crippen molar-refractivity contribution in [2.75, 3.05) is 24.6 Å². The Morgan fingerprint density at radius 3 is 3.13 bits per heavy atom. The van der Waals surface area contributed by atoms with E-state index >= 15 is 0 Å². The first-order valence-corrected chi connectivity index (χ1v) is 7.95. The second-order valence-corrected chi connectivity index (χ2v) is 5.97. The van der Waals surface area contributed by atoms with Crippen LogP contribution in [-0.4, -0.2) is 44.8 Å². The van der Waals surface area contributed by atoms with Gasteiger partial charge in [0.2, 0.25) is 5.82 Å². The number of aromatic amines is 1. The summed E-state index contributed by atoms with van der Waals surface area (Å²) in [5.74, 6) is 1.68. The number of aryl methyl sites for hydroxylation is 1. The highest BCUT2D eigenvalue weighted by Crippen LogP contribution is 2.31. The third kappa shape index (κ3) is 3.32. The molecule has 1 saturated heterocycles. The van der Waals surface area contributed by atoms with Gasteiger partial charge in [-0.3, -0.25) is 15.2 Å². The standard InChI is InChI=1S/C13H15BrN6O3/c1-2-11-16-12(18-17-11)10-7-19(3-4-23-10)13-9(20(21)22)5-8(14)6-15-13/h5-6,10H,2-4,7H2,1H3,(H,16,17,18). The molecular weight excluding hydrogens is 368 g/mol. The highest BCUT2D eigenvalue weighted by atomic mass is 79.9. The van der Waals surface area contributed by atoms with E-state index in [2.05, 4.69) is 36.1 Å². The monoisotopic (exact) mass is 382 g/mol. The molecule has 122 valence electrons. The molecule has 0 saturated carbocycles. The van der Waals surface area contributed by atoms with Gasteiger partial charge in [0, 0.05) is 29.7 Å². The molecule has 3 heterocycles. The Morgan fingerprint density at radius 1 is 1.61 bits per heavy atom. The Morgan fingerprint density at radius 2 is 2.43 bits per heavy atom. The molecule has 0 amide bonds. The van der Waals surface area contributed by atoms with Gasteiger partial charge in [-0.2, -0.15) is 5.10 Å². The number of aromatic nitrogens is 4. The minimum atomic E-state index is -0.431. The van der Waals surface area contributed by atoms with Crippen LogP contribution in [0, 0.1) is 10.1 Å². The molecule has 2 aromatic heterocycles. The maximum Gasteiger partial charge on any atom is 0.312 e. The normalized spacial score (nSPS) is 18.2. The number of hydrogen-bond donors (Lipinski definition) is 1. The molecule has 3 rings (SSSR count). The number of nitrogens with one attached hydrogen (secondary N) is 1. The van der Waals surface area contributed by atoms with Crippen LogP contribution >= 0.6 is 15.9 Å². The number of hydrogen-bond acceptors (Lipinski definition) is 7. The minimum absolute atomic E-state index is 0.0377. The van der Waals surface area contributed by atoms with Crippen LogP contribution in [0.1, 0.15) is 24.7 Å². The number of halogens is 1. The SMILES string of the molecule is CCc1nc(C2CN(c3ncc(Br)cc3[N+](=O)[O-])CCO2)n[nH]1. The zero-order valence-corrected chi connectivity index (χ0v) is 14.0. The van der Waals surface area contributed by atoms with Crippen LogP contribution < -0.4 is 4.90 Å².